The van der Waals surface area contributed by atoms with E-state index in [0.29, 0.717) is 0 Å². The Hall–Kier alpha value is -1.04. The Labute approximate surface area is 318 Å². The maximum Gasteiger partial charge on any atom is 0.187 e. The summed E-state index contributed by atoms with van der Waals surface area (Å²) in [5, 5.41) is 147. The lowest BCUT2D eigenvalue weighted by Gasteiger charge is -2.55. The summed E-state index contributed by atoms with van der Waals surface area (Å²) in [5.41, 5.74) is 21.8. The summed E-state index contributed by atoms with van der Waals surface area (Å²) in [6.45, 7) is -4.38. The second-order valence-corrected chi connectivity index (χ2v) is 14.5. The molecule has 5 saturated heterocycles. The molecule has 5 aliphatic rings. The van der Waals surface area contributed by atoms with Crippen molar-refractivity contribution in [1.29, 1.82) is 0 Å². The fourth-order valence-corrected chi connectivity index (χ4v) is 7.67. The Morgan fingerprint density at radius 1 is 0.429 bits per heavy atom. The van der Waals surface area contributed by atoms with Gasteiger partial charge in [-0.3, -0.25) is 0 Å². The highest BCUT2D eigenvalue weighted by Crippen LogP contribution is 2.39. The van der Waals surface area contributed by atoms with E-state index in [4.69, 9.17) is 60.8 Å². The average Bonchev–Trinajstić information content (AvgIpc) is 3.19. The van der Waals surface area contributed by atoms with Crippen molar-refractivity contribution in [3.8, 4) is 0 Å². The third-order valence-electron chi connectivity index (χ3n) is 11.1. The maximum atomic E-state index is 11.6. The van der Waals surface area contributed by atoms with E-state index in [0.717, 1.165) is 0 Å². The average molecular weight is 825 g/mol. The molecule has 5 aliphatic heterocycles. The third-order valence-corrected chi connectivity index (χ3v) is 11.1. The van der Waals surface area contributed by atoms with Crippen molar-refractivity contribution in [3.05, 3.63) is 0 Å². The Morgan fingerprint density at radius 2 is 0.839 bits per heavy atom. The van der Waals surface area contributed by atoms with Crippen LogP contribution in [-0.4, -0.2) is 257 Å². The van der Waals surface area contributed by atoms with Gasteiger partial charge in [0.25, 0.3) is 0 Å². The molecule has 0 aromatic carbocycles. The molecule has 56 heavy (non-hydrogen) atoms. The van der Waals surface area contributed by atoms with Crippen LogP contribution < -0.4 is 22.9 Å². The van der Waals surface area contributed by atoms with Crippen LogP contribution in [0, 0.1) is 0 Å². The van der Waals surface area contributed by atoms with E-state index in [1.165, 1.54) is 0 Å². The predicted molar refractivity (Wildman–Crippen MR) is 174 cm³/mol. The van der Waals surface area contributed by atoms with E-state index >= 15 is 0 Å². The highest BCUT2D eigenvalue weighted by Gasteiger charge is 2.64. The summed E-state index contributed by atoms with van der Waals surface area (Å²) in [4.78, 5) is 0. The molecule has 26 heteroatoms. The van der Waals surface area contributed by atoms with Crippen molar-refractivity contribution in [3.63, 3.8) is 0 Å². The van der Waals surface area contributed by atoms with E-state index in [9.17, 15) is 71.5 Å². The topological polar surface area (TPSA) is 461 Å². The molecule has 0 aliphatic carbocycles. The molecule has 0 saturated carbocycles. The maximum absolute atomic E-state index is 11.6. The zero-order valence-electron chi connectivity index (χ0n) is 29.7. The van der Waals surface area contributed by atoms with Gasteiger partial charge in [-0.1, -0.05) is 0 Å². The molecule has 0 spiro atoms. The van der Waals surface area contributed by atoms with Crippen molar-refractivity contribution >= 4 is 0 Å². The molecule has 22 N–H and O–H groups in total. The summed E-state index contributed by atoms with van der Waals surface area (Å²) >= 11 is 0. The fraction of sp³-hybridized carbons (Fsp3) is 1.00. The normalized spacial score (nSPS) is 54.5. The number of rotatable bonds is 12. The zero-order chi connectivity index (χ0) is 41.5. The van der Waals surface area contributed by atoms with Crippen LogP contribution in [0.3, 0.4) is 0 Å². The van der Waals surface area contributed by atoms with E-state index in [1.807, 2.05) is 0 Å². The van der Waals surface area contributed by atoms with E-state index in [-0.39, 0.29) is 0 Å². The predicted octanol–water partition coefficient (Wildman–Crippen LogP) is -12.7. The summed E-state index contributed by atoms with van der Waals surface area (Å²) in [6, 6.07) is -6.39. The Bertz CT molecular complexity index is 1240. The van der Waals surface area contributed by atoms with E-state index < -0.39 is 186 Å². The second-order valence-electron chi connectivity index (χ2n) is 14.5. The van der Waals surface area contributed by atoms with Crippen LogP contribution in [0.4, 0.5) is 0 Å². The Balaban J connectivity index is 1.26. The van der Waals surface area contributed by atoms with Crippen LogP contribution >= 0.6 is 0 Å². The van der Waals surface area contributed by atoms with Gasteiger partial charge in [0.05, 0.1) is 57.2 Å². The molecule has 328 valence electrons. The molecule has 0 amide bonds. The quantitative estimate of drug-likeness (QED) is 0.0868. The summed E-state index contributed by atoms with van der Waals surface area (Å²) < 4.78 is 45.0. The molecule has 26 nitrogen and oxygen atoms in total. The van der Waals surface area contributed by atoms with Gasteiger partial charge in [0.1, 0.15) is 103 Å². The van der Waals surface area contributed by atoms with Crippen molar-refractivity contribution in [1.82, 2.24) is 0 Å². The van der Waals surface area contributed by atoms with Gasteiger partial charge in [0, 0.05) is 0 Å². The Morgan fingerprint density at radius 3 is 1.29 bits per heavy atom. The monoisotopic (exact) mass is 824 g/mol. The largest absolute Gasteiger partial charge is 0.394 e. The second kappa shape index (κ2) is 18.7. The van der Waals surface area contributed by atoms with Crippen molar-refractivity contribution < 1.29 is 109 Å². The van der Waals surface area contributed by atoms with Gasteiger partial charge in [0.15, 0.2) is 25.2 Å². The van der Waals surface area contributed by atoms with Gasteiger partial charge in [-0.2, -0.15) is 0 Å². The van der Waals surface area contributed by atoms with Gasteiger partial charge < -0.3 is 132 Å². The van der Waals surface area contributed by atoms with Gasteiger partial charge in [-0.25, -0.2) is 0 Å². The van der Waals surface area contributed by atoms with E-state index in [2.05, 4.69) is 0 Å². The number of hydrogen-bond donors (Lipinski definition) is 18. The van der Waals surface area contributed by atoms with Gasteiger partial charge >= 0.3 is 0 Å². The number of aliphatic hydroxyl groups is 14. The molecule has 0 aromatic rings. The minimum atomic E-state index is -2.64. The van der Waals surface area contributed by atoms with Crippen molar-refractivity contribution in [2.75, 3.05) is 33.0 Å². The summed E-state index contributed by atoms with van der Waals surface area (Å²) in [7, 11) is 0. The highest BCUT2D eigenvalue weighted by atomic mass is 16.8. The fourth-order valence-electron chi connectivity index (χ4n) is 7.67. The molecule has 5 heterocycles. The lowest BCUT2D eigenvalue weighted by molar-refractivity contribution is -0.367. The summed E-state index contributed by atoms with van der Waals surface area (Å²) in [6.07, 6.45) is -33.9. The first-order valence-corrected chi connectivity index (χ1v) is 17.9. The molecule has 0 bridgehead atoms. The molecule has 1 unspecified atom stereocenters. The lowest BCUT2D eigenvalue weighted by Crippen LogP contribution is -2.79. The van der Waals surface area contributed by atoms with E-state index in [1.54, 1.807) is 0 Å². The number of aliphatic hydroxyl groups excluding tert-OH is 13. The summed E-state index contributed by atoms with van der Waals surface area (Å²) in [5.74, 6) is 0. The zero-order valence-corrected chi connectivity index (χ0v) is 29.7. The van der Waals surface area contributed by atoms with Crippen LogP contribution in [0.5, 0.6) is 0 Å². The van der Waals surface area contributed by atoms with Crippen LogP contribution in [0.2, 0.25) is 0 Å². The SMILES string of the molecule is N[C@@H]1[C@@H](O)[C@H](O[C@@H]2O[C@H](CO)[C@@H](O[C@@H]3O[C@H](CO)[C@@H](O[C@@H]4O[C@H](CO)[C@H](O)[C@H](O)[C@H]4O)[C@H](O)[C@H]3N)[C@H](O)[C@H]2N)[C@@H](CO)O[C@H]1[C@]1(O)[C@H](O)[C@@H](N)C(O)O[C@@H]1CO. The number of ether oxygens (including phenoxy) is 8. The molecule has 0 aromatic heterocycles. The minimum absolute atomic E-state index is 0.775. The first-order valence-electron chi connectivity index (χ1n) is 17.9. The van der Waals surface area contributed by atoms with Gasteiger partial charge in [-0.05, 0) is 0 Å². The molecule has 5 fully saturated rings. The van der Waals surface area contributed by atoms with Crippen LogP contribution in [0.25, 0.3) is 0 Å². The first-order chi connectivity index (χ1) is 26.4. The van der Waals surface area contributed by atoms with Crippen molar-refractivity contribution in [2.24, 2.45) is 22.9 Å². The minimum Gasteiger partial charge on any atom is -0.394 e. The molecular formula is C30H56N4O22. The highest BCUT2D eigenvalue weighted by molar-refractivity contribution is 5.14. The lowest BCUT2D eigenvalue weighted by atomic mass is 9.73. The standard InChI is InChI=1S/C30H56N4O22/c31-11-16(41)21(7(2-36)49-25(11)30(48)10(5-39)53-26(47)14(34)24(30)46)54-27-12(32)17(42)22(8(3-37)51-27)55-28-13(33)18(43)23(9(4-38)52-28)56-29-20(45)19(44)15(40)6(1-35)50-29/h6-29,35-48H,1-5,31-34H2/t6-,7-,8-,9-,10-,11-,12-,13-,14-,15+,16-,17-,18-,19+,20-,21-,22-,23-,24-,25-,26?,27+,28+,29+,30-/m1/s1. The van der Waals surface area contributed by atoms with Crippen molar-refractivity contribution in [2.45, 2.75) is 153 Å². The van der Waals surface area contributed by atoms with Gasteiger partial charge in [0.2, 0.25) is 0 Å². The van der Waals surface area contributed by atoms with Crippen LogP contribution in [0.1, 0.15) is 0 Å². The molecular weight excluding hydrogens is 768 g/mol. The van der Waals surface area contributed by atoms with Crippen LogP contribution in [-0.2, 0) is 37.9 Å². The third kappa shape index (κ3) is 8.34. The first kappa shape index (κ1) is 46.0. The van der Waals surface area contributed by atoms with Gasteiger partial charge in [-0.15, -0.1) is 0 Å². The Kier molecular flexibility index (Phi) is 15.4. The number of nitrogens with two attached hydrogens (primary N) is 4. The number of hydrogen-bond acceptors (Lipinski definition) is 26. The van der Waals surface area contributed by atoms with Crippen LogP contribution in [0.15, 0.2) is 0 Å². The molecule has 0 radical (unpaired) electrons. The molecule has 5 rings (SSSR count). The molecule has 25 atom stereocenters. The smallest absolute Gasteiger partial charge is 0.187 e.